The average molecular weight is 314 g/mol. The second-order valence-electron chi connectivity index (χ2n) is 5.91. The molecule has 0 aromatic carbocycles. The van der Waals surface area contributed by atoms with E-state index in [2.05, 4.69) is 4.98 Å². The number of methoxy groups -OCH3 is 1. The molecule has 1 aliphatic rings. The van der Waals surface area contributed by atoms with Crippen molar-refractivity contribution in [1.82, 2.24) is 4.98 Å². The smallest absolute Gasteiger partial charge is 0.480 e. The highest BCUT2D eigenvalue weighted by molar-refractivity contribution is 7.89. The molecule has 0 radical (unpaired) electrons. The molecule has 0 bridgehead atoms. The molecule has 9 heteroatoms. The first-order valence-electron chi connectivity index (χ1n) is 6.40. The van der Waals surface area contributed by atoms with Crippen LogP contribution in [0.4, 0.5) is 0 Å². The molecule has 1 saturated heterocycles. The topological polar surface area (TPSA) is 101 Å². The van der Waals surface area contributed by atoms with Gasteiger partial charge in [-0.2, -0.15) is 0 Å². The standard InChI is InChI=1S/C12H19BN2O5S/c1-11(2)12(3,4)20-13(19-11)8-6-9(21(14,16)17)10(18-5)15-7-8/h6-7H,1-5H3,(H2,14,16,17). The number of rotatable bonds is 3. The maximum atomic E-state index is 11.6. The van der Waals surface area contributed by atoms with E-state index in [1.54, 1.807) is 0 Å². The molecule has 0 atom stereocenters. The number of hydrogen-bond donors (Lipinski definition) is 1. The Morgan fingerprint density at radius 1 is 1.24 bits per heavy atom. The van der Waals surface area contributed by atoms with E-state index < -0.39 is 28.3 Å². The van der Waals surface area contributed by atoms with Crippen LogP contribution in [0.5, 0.6) is 5.88 Å². The zero-order valence-electron chi connectivity index (χ0n) is 12.7. The summed E-state index contributed by atoms with van der Waals surface area (Å²) in [7, 11) is -3.34. The van der Waals surface area contributed by atoms with Crippen LogP contribution in [0.15, 0.2) is 17.2 Å². The molecule has 0 saturated carbocycles. The number of aromatic nitrogens is 1. The molecule has 2 N–H and O–H groups in total. The zero-order valence-corrected chi connectivity index (χ0v) is 13.5. The van der Waals surface area contributed by atoms with E-state index in [4.69, 9.17) is 19.2 Å². The summed E-state index contributed by atoms with van der Waals surface area (Å²) in [5.41, 5.74) is -0.586. The van der Waals surface area contributed by atoms with Gasteiger partial charge in [-0.25, -0.2) is 18.5 Å². The third kappa shape index (κ3) is 2.91. The quantitative estimate of drug-likeness (QED) is 0.790. The summed E-state index contributed by atoms with van der Waals surface area (Å²) >= 11 is 0. The van der Waals surface area contributed by atoms with Crippen molar-refractivity contribution < 1.29 is 22.5 Å². The first-order valence-corrected chi connectivity index (χ1v) is 7.95. The average Bonchev–Trinajstić information content (AvgIpc) is 2.56. The summed E-state index contributed by atoms with van der Waals surface area (Å²) in [5, 5.41) is 5.18. The van der Waals surface area contributed by atoms with Gasteiger partial charge in [0.1, 0.15) is 4.90 Å². The van der Waals surface area contributed by atoms with E-state index >= 15 is 0 Å². The number of pyridine rings is 1. The van der Waals surface area contributed by atoms with Gasteiger partial charge >= 0.3 is 7.12 Å². The molecule has 0 amide bonds. The molecule has 1 aromatic rings. The molecule has 1 fully saturated rings. The lowest BCUT2D eigenvalue weighted by atomic mass is 9.80. The fourth-order valence-electron chi connectivity index (χ4n) is 1.91. The van der Waals surface area contributed by atoms with Crippen LogP contribution in [0.3, 0.4) is 0 Å². The van der Waals surface area contributed by atoms with Crippen molar-refractivity contribution in [2.24, 2.45) is 5.14 Å². The third-order valence-corrected chi connectivity index (χ3v) is 4.77. The molecular weight excluding hydrogens is 295 g/mol. The lowest BCUT2D eigenvalue weighted by Gasteiger charge is -2.32. The Hall–Kier alpha value is -1.16. The maximum Gasteiger partial charge on any atom is 0.496 e. The Kier molecular flexibility index (Phi) is 3.82. The van der Waals surface area contributed by atoms with Crippen LogP contribution in [-0.4, -0.2) is 38.8 Å². The Morgan fingerprint density at radius 3 is 2.19 bits per heavy atom. The van der Waals surface area contributed by atoms with Gasteiger partial charge in [0.2, 0.25) is 15.9 Å². The summed E-state index contributed by atoms with van der Waals surface area (Å²) in [4.78, 5) is 3.77. The number of nitrogens with two attached hydrogens (primary N) is 1. The molecule has 2 heterocycles. The first-order chi connectivity index (χ1) is 9.48. The molecular formula is C12H19BN2O5S. The van der Waals surface area contributed by atoms with Gasteiger partial charge in [0.15, 0.2) is 0 Å². The van der Waals surface area contributed by atoms with E-state index in [0.717, 1.165) is 0 Å². The Balaban J connectivity index is 2.44. The van der Waals surface area contributed by atoms with Crippen molar-refractivity contribution in [3.05, 3.63) is 12.3 Å². The van der Waals surface area contributed by atoms with Crippen molar-refractivity contribution in [3.8, 4) is 5.88 Å². The molecule has 1 aliphatic heterocycles. The number of hydrogen-bond acceptors (Lipinski definition) is 6. The minimum absolute atomic E-state index is 0.0576. The summed E-state index contributed by atoms with van der Waals surface area (Å²) in [5.74, 6) is -0.0576. The van der Waals surface area contributed by atoms with Crippen LogP contribution in [0.1, 0.15) is 27.7 Å². The highest BCUT2D eigenvalue weighted by Gasteiger charge is 2.52. The van der Waals surface area contributed by atoms with E-state index in [9.17, 15) is 8.42 Å². The first kappa shape index (κ1) is 16.2. The van der Waals surface area contributed by atoms with Gasteiger partial charge in [-0.3, -0.25) is 0 Å². The van der Waals surface area contributed by atoms with Crippen molar-refractivity contribution in [1.29, 1.82) is 0 Å². The normalized spacial score (nSPS) is 20.6. The van der Waals surface area contributed by atoms with Gasteiger partial charge < -0.3 is 14.0 Å². The lowest BCUT2D eigenvalue weighted by Crippen LogP contribution is -2.41. The van der Waals surface area contributed by atoms with E-state index in [1.807, 2.05) is 27.7 Å². The Bertz CT molecular complexity index is 644. The van der Waals surface area contributed by atoms with Crippen LogP contribution in [0.2, 0.25) is 0 Å². The fraction of sp³-hybridized carbons (Fsp3) is 0.583. The van der Waals surface area contributed by atoms with E-state index in [-0.39, 0.29) is 10.8 Å². The Morgan fingerprint density at radius 2 is 1.76 bits per heavy atom. The van der Waals surface area contributed by atoms with Crippen molar-refractivity contribution >= 4 is 22.6 Å². The second-order valence-corrected chi connectivity index (χ2v) is 7.44. The van der Waals surface area contributed by atoms with Crippen LogP contribution in [0, 0.1) is 0 Å². The largest absolute Gasteiger partial charge is 0.496 e. The molecule has 2 rings (SSSR count). The number of primary sulfonamides is 1. The van der Waals surface area contributed by atoms with Gasteiger partial charge in [0.25, 0.3) is 0 Å². The van der Waals surface area contributed by atoms with E-state index in [0.29, 0.717) is 5.46 Å². The van der Waals surface area contributed by atoms with Gasteiger partial charge in [0, 0.05) is 11.7 Å². The molecule has 1 aromatic heterocycles. The molecule has 0 aliphatic carbocycles. The predicted molar refractivity (Wildman–Crippen MR) is 77.9 cm³/mol. The second kappa shape index (κ2) is 4.94. The Labute approximate surface area is 125 Å². The minimum Gasteiger partial charge on any atom is -0.480 e. The summed E-state index contributed by atoms with van der Waals surface area (Å²) < 4.78 is 39.8. The van der Waals surface area contributed by atoms with Crippen LogP contribution < -0.4 is 15.3 Å². The highest BCUT2D eigenvalue weighted by Crippen LogP contribution is 2.36. The molecule has 0 spiro atoms. The SMILES string of the molecule is COc1ncc(B2OC(C)(C)C(C)(C)O2)cc1S(N)(=O)=O. The predicted octanol–water partition coefficient (Wildman–Crippen LogP) is 0.0368. The molecule has 116 valence electrons. The molecule has 7 nitrogen and oxygen atoms in total. The van der Waals surface area contributed by atoms with Crippen LogP contribution in [0.25, 0.3) is 0 Å². The lowest BCUT2D eigenvalue weighted by molar-refractivity contribution is 0.00578. The fourth-order valence-corrected chi connectivity index (χ4v) is 2.59. The maximum absolute atomic E-state index is 11.6. The van der Waals surface area contributed by atoms with Crippen molar-refractivity contribution in [3.63, 3.8) is 0 Å². The van der Waals surface area contributed by atoms with Gasteiger partial charge in [-0.15, -0.1) is 0 Å². The summed E-state index contributed by atoms with van der Waals surface area (Å²) in [6.07, 6.45) is 1.45. The summed E-state index contributed by atoms with van der Waals surface area (Å²) in [6.45, 7) is 7.63. The zero-order chi connectivity index (χ0) is 16.1. The number of nitrogens with zero attached hydrogens (tertiary/aromatic N) is 1. The summed E-state index contributed by atoms with van der Waals surface area (Å²) in [6, 6.07) is 1.36. The minimum atomic E-state index is -3.95. The highest BCUT2D eigenvalue weighted by atomic mass is 32.2. The number of ether oxygens (including phenoxy) is 1. The van der Waals surface area contributed by atoms with Gasteiger partial charge in [0.05, 0.1) is 18.3 Å². The van der Waals surface area contributed by atoms with Gasteiger partial charge in [-0.05, 0) is 33.8 Å². The van der Waals surface area contributed by atoms with Crippen molar-refractivity contribution in [2.45, 2.75) is 43.8 Å². The third-order valence-electron chi connectivity index (χ3n) is 3.86. The van der Waals surface area contributed by atoms with Gasteiger partial charge in [-0.1, -0.05) is 0 Å². The van der Waals surface area contributed by atoms with Crippen LogP contribution >= 0.6 is 0 Å². The van der Waals surface area contributed by atoms with Crippen LogP contribution in [-0.2, 0) is 19.3 Å². The number of sulfonamides is 1. The monoisotopic (exact) mass is 314 g/mol. The van der Waals surface area contributed by atoms with E-state index in [1.165, 1.54) is 19.4 Å². The molecule has 0 unspecified atom stereocenters. The van der Waals surface area contributed by atoms with Crippen molar-refractivity contribution in [2.75, 3.05) is 7.11 Å². The molecule has 21 heavy (non-hydrogen) atoms.